The van der Waals surface area contributed by atoms with Crippen LogP contribution in [-0.4, -0.2) is 24.9 Å². The minimum Gasteiger partial charge on any atom is -0.392 e. The molecule has 0 aromatic carbocycles. The molecule has 0 aliphatic heterocycles. The number of rotatable bonds is 7. The fourth-order valence-electron chi connectivity index (χ4n) is 1.58. The quantitative estimate of drug-likeness (QED) is 0.640. The van der Waals surface area contributed by atoms with Crippen LogP contribution in [0.2, 0.25) is 0 Å². The zero-order valence-electron chi connectivity index (χ0n) is 9.92. The highest BCUT2D eigenvalue weighted by Crippen LogP contribution is 2.17. The summed E-state index contributed by atoms with van der Waals surface area (Å²) in [6.45, 7) is 6.51. The lowest BCUT2D eigenvalue weighted by molar-refractivity contribution is 0.0573. The molecule has 0 aromatic rings. The molecular weight excluding hydrogens is 176 g/mol. The molecule has 0 rings (SSSR count). The van der Waals surface area contributed by atoms with Gasteiger partial charge in [-0.1, -0.05) is 31.9 Å². The summed E-state index contributed by atoms with van der Waals surface area (Å²) in [7, 11) is 1.76. The molecule has 2 nitrogen and oxygen atoms in total. The van der Waals surface area contributed by atoms with Crippen molar-refractivity contribution < 1.29 is 9.84 Å². The van der Waals surface area contributed by atoms with E-state index in [4.69, 9.17) is 9.84 Å². The van der Waals surface area contributed by atoms with Crippen LogP contribution in [0.1, 0.15) is 40.0 Å². The van der Waals surface area contributed by atoms with Crippen LogP contribution in [0.5, 0.6) is 0 Å². The molecule has 0 amide bonds. The predicted octanol–water partition coefficient (Wildman–Crippen LogP) is 2.77. The van der Waals surface area contributed by atoms with Crippen LogP contribution in [-0.2, 0) is 4.74 Å². The van der Waals surface area contributed by atoms with Crippen molar-refractivity contribution in [2.45, 2.75) is 46.1 Å². The molecule has 1 N–H and O–H groups in total. The van der Waals surface area contributed by atoms with Gasteiger partial charge in [0.2, 0.25) is 0 Å². The Kier molecular flexibility index (Phi) is 7.81. The summed E-state index contributed by atoms with van der Waals surface area (Å²) in [5, 5.41) is 8.85. The molecule has 0 bridgehead atoms. The van der Waals surface area contributed by atoms with Crippen LogP contribution in [0, 0.1) is 5.92 Å². The smallest absolute Gasteiger partial charge is 0.0639 e. The Labute approximate surface area is 88.0 Å². The Morgan fingerprint density at radius 3 is 2.57 bits per heavy atom. The molecule has 0 spiro atoms. The molecule has 0 saturated heterocycles. The fraction of sp³-hybridized carbons (Fsp3) is 0.833. The van der Waals surface area contributed by atoms with E-state index in [1.807, 2.05) is 6.92 Å². The first-order valence-corrected chi connectivity index (χ1v) is 5.44. The van der Waals surface area contributed by atoms with Gasteiger partial charge < -0.3 is 9.84 Å². The van der Waals surface area contributed by atoms with Crippen LogP contribution >= 0.6 is 0 Å². The van der Waals surface area contributed by atoms with Gasteiger partial charge in [0, 0.05) is 7.11 Å². The number of hydrogen-bond donors (Lipinski definition) is 1. The number of ether oxygens (including phenoxy) is 1. The lowest BCUT2D eigenvalue weighted by Gasteiger charge is -2.21. The lowest BCUT2D eigenvalue weighted by Crippen LogP contribution is -2.19. The van der Waals surface area contributed by atoms with Crippen LogP contribution in [0.4, 0.5) is 0 Å². The van der Waals surface area contributed by atoms with Gasteiger partial charge in [-0.2, -0.15) is 0 Å². The van der Waals surface area contributed by atoms with Crippen molar-refractivity contribution in [3.63, 3.8) is 0 Å². The summed E-state index contributed by atoms with van der Waals surface area (Å²) >= 11 is 0. The van der Waals surface area contributed by atoms with Crippen molar-refractivity contribution in [2.24, 2.45) is 5.92 Å². The molecule has 2 atom stereocenters. The Morgan fingerprint density at radius 2 is 2.14 bits per heavy atom. The highest BCUT2D eigenvalue weighted by atomic mass is 16.5. The van der Waals surface area contributed by atoms with E-state index in [-0.39, 0.29) is 12.7 Å². The number of hydrogen-bond acceptors (Lipinski definition) is 2. The fourth-order valence-corrected chi connectivity index (χ4v) is 1.58. The maximum atomic E-state index is 8.85. The lowest BCUT2D eigenvalue weighted by atomic mass is 9.96. The molecule has 0 radical (unpaired) electrons. The van der Waals surface area contributed by atoms with E-state index in [2.05, 4.69) is 19.9 Å². The molecule has 0 saturated carbocycles. The van der Waals surface area contributed by atoms with E-state index < -0.39 is 0 Å². The molecular formula is C12H24O2. The predicted molar refractivity (Wildman–Crippen MR) is 60.3 cm³/mol. The highest BCUT2D eigenvalue weighted by molar-refractivity contribution is 4.98. The van der Waals surface area contributed by atoms with Gasteiger partial charge in [-0.15, -0.1) is 0 Å². The summed E-state index contributed by atoms with van der Waals surface area (Å²) < 4.78 is 5.43. The van der Waals surface area contributed by atoms with Gasteiger partial charge in [-0.3, -0.25) is 0 Å². The SMILES string of the molecule is CCCC(C)C(CC=C(C)CO)OC. The number of methoxy groups -OCH3 is 1. The van der Waals surface area contributed by atoms with E-state index in [1.54, 1.807) is 7.11 Å². The van der Waals surface area contributed by atoms with Crippen molar-refractivity contribution in [1.29, 1.82) is 0 Å². The third-order valence-electron chi connectivity index (χ3n) is 2.63. The van der Waals surface area contributed by atoms with Crippen molar-refractivity contribution in [3.05, 3.63) is 11.6 Å². The van der Waals surface area contributed by atoms with Crippen molar-refractivity contribution in [3.8, 4) is 0 Å². The molecule has 0 fully saturated rings. The Bertz CT molecular complexity index is 164. The molecule has 0 heterocycles. The Balaban J connectivity index is 4.01. The zero-order chi connectivity index (χ0) is 11.0. The van der Waals surface area contributed by atoms with Gasteiger partial charge in [0.15, 0.2) is 0 Å². The third-order valence-corrected chi connectivity index (χ3v) is 2.63. The van der Waals surface area contributed by atoms with Crippen LogP contribution in [0.3, 0.4) is 0 Å². The molecule has 0 aliphatic carbocycles. The maximum Gasteiger partial charge on any atom is 0.0639 e. The minimum atomic E-state index is 0.151. The normalized spacial score (nSPS) is 16.8. The molecule has 2 unspecified atom stereocenters. The van der Waals surface area contributed by atoms with E-state index in [9.17, 15) is 0 Å². The first-order chi connectivity index (χ1) is 6.65. The van der Waals surface area contributed by atoms with Crippen molar-refractivity contribution in [1.82, 2.24) is 0 Å². The standard InChI is InChI=1S/C12H24O2/c1-5-6-11(3)12(14-4)8-7-10(2)9-13/h7,11-13H,5-6,8-9H2,1-4H3. The van der Waals surface area contributed by atoms with Crippen molar-refractivity contribution >= 4 is 0 Å². The summed E-state index contributed by atoms with van der Waals surface area (Å²) in [5.41, 5.74) is 1.02. The van der Waals surface area contributed by atoms with E-state index in [0.717, 1.165) is 12.0 Å². The largest absolute Gasteiger partial charge is 0.392 e. The maximum absolute atomic E-state index is 8.85. The Hall–Kier alpha value is -0.340. The van der Waals surface area contributed by atoms with Crippen LogP contribution < -0.4 is 0 Å². The third kappa shape index (κ3) is 5.40. The minimum absolute atomic E-state index is 0.151. The second-order valence-electron chi connectivity index (χ2n) is 3.98. The van der Waals surface area contributed by atoms with Gasteiger partial charge >= 0.3 is 0 Å². The van der Waals surface area contributed by atoms with E-state index in [1.165, 1.54) is 12.8 Å². The first-order valence-electron chi connectivity index (χ1n) is 5.44. The van der Waals surface area contributed by atoms with Gasteiger partial charge in [0.25, 0.3) is 0 Å². The first kappa shape index (κ1) is 13.7. The molecule has 14 heavy (non-hydrogen) atoms. The van der Waals surface area contributed by atoms with E-state index in [0.29, 0.717) is 5.92 Å². The topological polar surface area (TPSA) is 29.5 Å². The second-order valence-corrected chi connectivity index (χ2v) is 3.98. The van der Waals surface area contributed by atoms with Gasteiger partial charge in [-0.25, -0.2) is 0 Å². The van der Waals surface area contributed by atoms with Gasteiger partial charge in [0.05, 0.1) is 12.7 Å². The average Bonchev–Trinajstić information content (AvgIpc) is 2.18. The Morgan fingerprint density at radius 1 is 1.50 bits per heavy atom. The number of aliphatic hydroxyl groups excluding tert-OH is 1. The molecule has 0 aliphatic rings. The van der Waals surface area contributed by atoms with Gasteiger partial charge in [0.1, 0.15) is 0 Å². The summed E-state index contributed by atoms with van der Waals surface area (Å²) in [5.74, 6) is 0.591. The van der Waals surface area contributed by atoms with Crippen LogP contribution in [0.25, 0.3) is 0 Å². The molecule has 0 aromatic heterocycles. The highest BCUT2D eigenvalue weighted by Gasteiger charge is 2.14. The average molecular weight is 200 g/mol. The summed E-state index contributed by atoms with van der Waals surface area (Å²) in [6, 6.07) is 0. The van der Waals surface area contributed by atoms with Gasteiger partial charge in [-0.05, 0) is 25.7 Å². The summed E-state index contributed by atoms with van der Waals surface area (Å²) in [6.07, 6.45) is 5.66. The van der Waals surface area contributed by atoms with Crippen molar-refractivity contribution in [2.75, 3.05) is 13.7 Å². The monoisotopic (exact) mass is 200 g/mol. The van der Waals surface area contributed by atoms with E-state index >= 15 is 0 Å². The zero-order valence-corrected chi connectivity index (χ0v) is 9.92. The second kappa shape index (κ2) is 8.01. The van der Waals surface area contributed by atoms with Crippen LogP contribution in [0.15, 0.2) is 11.6 Å². The summed E-state index contributed by atoms with van der Waals surface area (Å²) in [4.78, 5) is 0. The molecule has 84 valence electrons. The molecule has 2 heteroatoms. The number of aliphatic hydroxyl groups is 1.